The van der Waals surface area contributed by atoms with Crippen LogP contribution in [0.4, 0.5) is 5.69 Å². The molecule has 2 aromatic rings. The van der Waals surface area contributed by atoms with Crippen molar-refractivity contribution in [2.75, 3.05) is 37.6 Å². The molecule has 3 rings (SSSR count). The van der Waals surface area contributed by atoms with E-state index in [2.05, 4.69) is 60.7 Å². The minimum atomic E-state index is 0.593. The van der Waals surface area contributed by atoms with Gasteiger partial charge in [0.15, 0.2) is 0 Å². The molecular weight excluding hydrogens is 388 g/mol. The minimum Gasteiger partial charge on any atom is -0.370 e. The Labute approximate surface area is 187 Å². The molecule has 0 radical (unpaired) electrons. The minimum absolute atomic E-state index is 0.593. The molecule has 0 unspecified atom stereocenters. The average molecular weight is 427 g/mol. The van der Waals surface area contributed by atoms with E-state index in [1.165, 1.54) is 35.0 Å². The predicted molar refractivity (Wildman–Crippen MR) is 131 cm³/mol. The zero-order valence-electron chi connectivity index (χ0n) is 19.2. The number of hydrogen-bond donors (Lipinski definition) is 0. The van der Waals surface area contributed by atoms with Crippen molar-refractivity contribution < 1.29 is 0 Å². The summed E-state index contributed by atoms with van der Waals surface area (Å²) >= 11 is 1.92. The van der Waals surface area contributed by atoms with Gasteiger partial charge in [0.05, 0.1) is 16.9 Å². The SMILES string of the molecule is C#Cc1ccc(N2CCC(c3ncc(CCN(CC)CCC)s3)CC2)cn1.CCC. The van der Waals surface area contributed by atoms with Crippen molar-refractivity contribution in [2.45, 2.75) is 65.7 Å². The van der Waals surface area contributed by atoms with Gasteiger partial charge in [0.2, 0.25) is 0 Å². The van der Waals surface area contributed by atoms with E-state index in [4.69, 9.17) is 11.4 Å². The second-order valence-corrected chi connectivity index (χ2v) is 9.01. The zero-order chi connectivity index (χ0) is 21.8. The summed E-state index contributed by atoms with van der Waals surface area (Å²) in [7, 11) is 0. The van der Waals surface area contributed by atoms with Crippen LogP contribution in [-0.2, 0) is 6.42 Å². The average Bonchev–Trinajstić information content (AvgIpc) is 3.26. The Kier molecular flexibility index (Phi) is 10.9. The van der Waals surface area contributed by atoms with E-state index >= 15 is 0 Å². The lowest BCUT2D eigenvalue weighted by Gasteiger charge is -2.32. The third kappa shape index (κ3) is 7.41. The number of nitrogens with zero attached hydrogens (tertiary/aromatic N) is 4. The van der Waals surface area contributed by atoms with Crippen molar-refractivity contribution >= 4 is 17.0 Å². The Morgan fingerprint density at radius 3 is 2.40 bits per heavy atom. The maximum Gasteiger partial charge on any atom is 0.113 e. The van der Waals surface area contributed by atoms with Gasteiger partial charge in [-0.15, -0.1) is 17.8 Å². The first-order valence-electron chi connectivity index (χ1n) is 11.5. The van der Waals surface area contributed by atoms with E-state index in [1.54, 1.807) is 0 Å². The number of hydrogen-bond acceptors (Lipinski definition) is 5. The molecular formula is C25H38N4S. The third-order valence-corrected chi connectivity index (χ3v) is 6.56. The van der Waals surface area contributed by atoms with E-state index in [0.29, 0.717) is 11.6 Å². The molecule has 0 aromatic carbocycles. The summed E-state index contributed by atoms with van der Waals surface area (Å²) in [6.45, 7) is 14.3. The molecule has 0 spiro atoms. The highest BCUT2D eigenvalue weighted by atomic mass is 32.1. The molecule has 4 nitrogen and oxygen atoms in total. The van der Waals surface area contributed by atoms with E-state index in [-0.39, 0.29) is 0 Å². The van der Waals surface area contributed by atoms with Crippen molar-refractivity contribution in [3.8, 4) is 12.3 Å². The van der Waals surface area contributed by atoms with Crippen LogP contribution in [0.2, 0.25) is 0 Å². The van der Waals surface area contributed by atoms with Gasteiger partial charge in [-0.2, -0.15) is 0 Å². The lowest BCUT2D eigenvalue weighted by Crippen LogP contribution is -2.32. The maximum atomic E-state index is 5.39. The van der Waals surface area contributed by atoms with E-state index < -0.39 is 0 Å². The number of terminal acetylenes is 1. The number of anilines is 1. The highest BCUT2D eigenvalue weighted by Gasteiger charge is 2.23. The van der Waals surface area contributed by atoms with Crippen LogP contribution in [0, 0.1) is 12.3 Å². The second kappa shape index (κ2) is 13.4. The quantitative estimate of drug-likeness (QED) is 0.515. The fourth-order valence-electron chi connectivity index (χ4n) is 3.68. The van der Waals surface area contributed by atoms with Gasteiger partial charge in [0, 0.05) is 36.6 Å². The first-order valence-corrected chi connectivity index (χ1v) is 12.3. The molecule has 0 bridgehead atoms. The molecule has 0 aliphatic carbocycles. The van der Waals surface area contributed by atoms with Gasteiger partial charge in [0.25, 0.3) is 0 Å². The van der Waals surface area contributed by atoms with Gasteiger partial charge < -0.3 is 9.80 Å². The van der Waals surface area contributed by atoms with Crippen LogP contribution in [0.5, 0.6) is 0 Å². The lowest BCUT2D eigenvalue weighted by atomic mass is 9.97. The molecule has 1 fully saturated rings. The summed E-state index contributed by atoms with van der Waals surface area (Å²) in [5, 5.41) is 1.32. The van der Waals surface area contributed by atoms with Crippen LogP contribution in [0.15, 0.2) is 24.5 Å². The first kappa shape index (κ1) is 24.4. The Hall–Kier alpha value is -1.90. The van der Waals surface area contributed by atoms with Gasteiger partial charge in [-0.1, -0.05) is 40.0 Å². The van der Waals surface area contributed by atoms with Crippen LogP contribution < -0.4 is 4.90 Å². The fourth-order valence-corrected chi connectivity index (χ4v) is 4.76. The Morgan fingerprint density at radius 2 is 1.83 bits per heavy atom. The number of rotatable bonds is 8. The smallest absolute Gasteiger partial charge is 0.113 e. The Morgan fingerprint density at radius 1 is 1.10 bits per heavy atom. The monoisotopic (exact) mass is 426 g/mol. The topological polar surface area (TPSA) is 32.3 Å². The molecule has 0 atom stereocenters. The molecule has 2 aromatic heterocycles. The summed E-state index contributed by atoms with van der Waals surface area (Å²) < 4.78 is 0. The van der Waals surface area contributed by atoms with Crippen molar-refractivity contribution in [3.63, 3.8) is 0 Å². The van der Waals surface area contributed by atoms with Gasteiger partial charge >= 0.3 is 0 Å². The maximum absolute atomic E-state index is 5.39. The number of likely N-dealkylation sites (N-methyl/N-ethyl adjacent to an activating group) is 1. The van der Waals surface area contributed by atoms with Gasteiger partial charge in [-0.05, 0) is 50.9 Å². The van der Waals surface area contributed by atoms with Crippen LogP contribution in [0.25, 0.3) is 0 Å². The fraction of sp³-hybridized carbons (Fsp3) is 0.600. The van der Waals surface area contributed by atoms with Gasteiger partial charge in [0.1, 0.15) is 5.69 Å². The third-order valence-electron chi connectivity index (χ3n) is 5.34. The number of aromatic nitrogens is 2. The van der Waals surface area contributed by atoms with E-state index in [1.807, 2.05) is 23.6 Å². The molecule has 0 saturated carbocycles. The van der Waals surface area contributed by atoms with Gasteiger partial charge in [-0.3, -0.25) is 0 Å². The summed E-state index contributed by atoms with van der Waals surface area (Å²) in [4.78, 5) is 15.4. The molecule has 0 amide bonds. The summed E-state index contributed by atoms with van der Waals surface area (Å²) in [5.41, 5.74) is 1.87. The number of piperidine rings is 1. The van der Waals surface area contributed by atoms with Crippen LogP contribution >= 0.6 is 11.3 Å². The van der Waals surface area contributed by atoms with Crippen molar-refractivity contribution in [2.24, 2.45) is 0 Å². The molecule has 0 N–H and O–H groups in total. The molecule has 30 heavy (non-hydrogen) atoms. The lowest BCUT2D eigenvalue weighted by molar-refractivity contribution is 0.293. The summed E-state index contributed by atoms with van der Waals surface area (Å²) in [6.07, 6.45) is 15.3. The highest BCUT2D eigenvalue weighted by molar-refractivity contribution is 7.11. The molecule has 5 heteroatoms. The molecule has 3 heterocycles. The zero-order valence-corrected chi connectivity index (χ0v) is 20.0. The van der Waals surface area contributed by atoms with Crippen molar-refractivity contribution in [1.29, 1.82) is 0 Å². The van der Waals surface area contributed by atoms with Crippen molar-refractivity contribution in [1.82, 2.24) is 14.9 Å². The van der Waals surface area contributed by atoms with Crippen LogP contribution in [0.1, 0.15) is 74.9 Å². The van der Waals surface area contributed by atoms with Gasteiger partial charge in [-0.25, -0.2) is 9.97 Å². The molecule has 1 saturated heterocycles. The summed E-state index contributed by atoms with van der Waals surface area (Å²) in [6, 6.07) is 4.01. The molecule has 1 aliphatic heterocycles. The number of pyridine rings is 1. The largest absolute Gasteiger partial charge is 0.370 e. The normalized spacial score (nSPS) is 14.3. The van der Waals surface area contributed by atoms with Crippen LogP contribution in [0.3, 0.4) is 0 Å². The second-order valence-electron chi connectivity index (χ2n) is 7.86. The van der Waals surface area contributed by atoms with E-state index in [9.17, 15) is 0 Å². The number of thiazole rings is 1. The standard InChI is InChI=1S/C22H30N4S.C3H8/c1-4-12-25(6-3)13-11-21-17-24-22(27-21)18-9-14-26(15-10-18)20-8-7-19(5-2)23-16-20;1-3-2/h2,7-8,16-18H,4,6,9-15H2,1,3H3;3H2,1-2H3. The highest BCUT2D eigenvalue weighted by Crippen LogP contribution is 2.32. The Bertz CT molecular complexity index is 754. The molecule has 1 aliphatic rings. The summed E-state index contributed by atoms with van der Waals surface area (Å²) in [5.74, 6) is 3.17. The predicted octanol–water partition coefficient (Wildman–Crippen LogP) is 5.59. The Balaban J connectivity index is 0.00000101. The van der Waals surface area contributed by atoms with E-state index in [0.717, 1.165) is 45.4 Å². The van der Waals surface area contributed by atoms with Crippen molar-refractivity contribution in [3.05, 3.63) is 40.1 Å². The first-order chi connectivity index (χ1) is 14.6. The molecule has 164 valence electrons. The van der Waals surface area contributed by atoms with Crippen LogP contribution in [-0.4, -0.2) is 47.6 Å².